The predicted octanol–water partition coefficient (Wildman–Crippen LogP) is 2.26. The number of hydrogen-bond donors (Lipinski definition) is 2. The van der Waals surface area contributed by atoms with Gasteiger partial charge in [-0.3, -0.25) is 4.79 Å². The number of rotatable bonds is 5. The van der Waals surface area contributed by atoms with E-state index in [-0.39, 0.29) is 23.6 Å². The van der Waals surface area contributed by atoms with Crippen molar-refractivity contribution in [3.8, 4) is 5.75 Å². The van der Waals surface area contributed by atoms with E-state index in [1.807, 2.05) is 0 Å². The van der Waals surface area contributed by atoms with Crippen molar-refractivity contribution in [2.45, 2.75) is 26.4 Å². The lowest BCUT2D eigenvalue weighted by Crippen LogP contribution is -2.32. The fraction of sp³-hybridized carbons (Fsp3) is 0.267. The molecule has 0 saturated heterocycles. The van der Waals surface area contributed by atoms with Gasteiger partial charge in [0.05, 0.1) is 0 Å². The molecule has 2 rings (SSSR count). The van der Waals surface area contributed by atoms with E-state index in [0.717, 1.165) is 0 Å². The van der Waals surface area contributed by atoms with Gasteiger partial charge in [0.1, 0.15) is 17.1 Å². The topological polar surface area (TPSA) is 102 Å². The van der Waals surface area contributed by atoms with Crippen LogP contribution in [0.3, 0.4) is 0 Å². The van der Waals surface area contributed by atoms with E-state index in [4.69, 9.17) is 9.26 Å². The Morgan fingerprint density at radius 2 is 2.14 bits per heavy atom. The molecule has 2 N–H and O–H groups in total. The molecule has 0 aliphatic heterocycles. The molecule has 0 aliphatic carbocycles. The lowest BCUT2D eigenvalue weighted by molar-refractivity contribution is -0.124. The Morgan fingerprint density at radius 3 is 2.73 bits per heavy atom. The van der Waals surface area contributed by atoms with Crippen LogP contribution >= 0.6 is 0 Å². The Kier molecular flexibility index (Phi) is 4.77. The molecule has 22 heavy (non-hydrogen) atoms. The number of esters is 1. The van der Waals surface area contributed by atoms with Gasteiger partial charge in [0.15, 0.2) is 11.9 Å². The number of nitrogens with one attached hydrogen (secondary N) is 1. The molecule has 7 nitrogen and oxygen atoms in total. The molecule has 0 radical (unpaired) electrons. The molecule has 0 bridgehead atoms. The molecule has 1 heterocycles. The molecular formula is C15H16N2O5. The Bertz CT molecular complexity index is 680. The highest BCUT2D eigenvalue weighted by molar-refractivity contribution is 5.98. The minimum absolute atomic E-state index is 0.00558. The van der Waals surface area contributed by atoms with Crippen molar-refractivity contribution in [3.05, 3.63) is 41.7 Å². The number of para-hydroxylation sites is 1. The Balaban J connectivity index is 2.04. The van der Waals surface area contributed by atoms with Gasteiger partial charge >= 0.3 is 5.97 Å². The molecule has 1 aromatic carbocycles. The van der Waals surface area contributed by atoms with Gasteiger partial charge in [-0.2, -0.15) is 0 Å². The third-order valence-electron chi connectivity index (χ3n) is 2.92. The summed E-state index contributed by atoms with van der Waals surface area (Å²) in [6, 6.07) is 7.52. The van der Waals surface area contributed by atoms with Crippen LogP contribution in [0.1, 0.15) is 29.5 Å². The quantitative estimate of drug-likeness (QED) is 0.822. The molecule has 1 aromatic heterocycles. The van der Waals surface area contributed by atoms with Gasteiger partial charge < -0.3 is 19.7 Å². The van der Waals surface area contributed by atoms with Crippen LogP contribution in [-0.4, -0.2) is 28.2 Å². The number of aromatic hydroxyl groups is 1. The second-order valence-corrected chi connectivity index (χ2v) is 4.63. The van der Waals surface area contributed by atoms with Crippen molar-refractivity contribution in [2.24, 2.45) is 0 Å². The minimum atomic E-state index is -0.996. The third-order valence-corrected chi connectivity index (χ3v) is 2.92. The maximum atomic E-state index is 12.1. The molecule has 2 aromatic rings. The van der Waals surface area contributed by atoms with Crippen molar-refractivity contribution in [3.63, 3.8) is 0 Å². The number of amides is 1. The smallest absolute Gasteiger partial charge is 0.342 e. The maximum Gasteiger partial charge on any atom is 0.342 e. The number of ether oxygens (including phenoxy) is 1. The second-order valence-electron chi connectivity index (χ2n) is 4.63. The van der Waals surface area contributed by atoms with Crippen LogP contribution in [0.4, 0.5) is 5.82 Å². The fourth-order valence-electron chi connectivity index (χ4n) is 1.79. The number of hydrogen-bond acceptors (Lipinski definition) is 6. The van der Waals surface area contributed by atoms with Crippen molar-refractivity contribution >= 4 is 17.7 Å². The summed E-state index contributed by atoms with van der Waals surface area (Å²) < 4.78 is 9.98. The summed E-state index contributed by atoms with van der Waals surface area (Å²) in [6.07, 6.45) is -0.716. The number of aryl methyl sites for hydroxylation is 1. The van der Waals surface area contributed by atoms with E-state index in [1.54, 1.807) is 32.0 Å². The lowest BCUT2D eigenvalue weighted by Gasteiger charge is -2.15. The lowest BCUT2D eigenvalue weighted by atomic mass is 10.2. The highest BCUT2D eigenvalue weighted by atomic mass is 16.5. The van der Waals surface area contributed by atoms with E-state index >= 15 is 0 Å². The first-order chi connectivity index (χ1) is 10.5. The monoisotopic (exact) mass is 304 g/mol. The summed E-state index contributed by atoms with van der Waals surface area (Å²) in [7, 11) is 0. The van der Waals surface area contributed by atoms with Crippen LogP contribution in [0.5, 0.6) is 5.75 Å². The Morgan fingerprint density at radius 1 is 1.41 bits per heavy atom. The molecule has 0 saturated carbocycles. The van der Waals surface area contributed by atoms with Gasteiger partial charge in [-0.25, -0.2) is 4.79 Å². The zero-order valence-corrected chi connectivity index (χ0v) is 12.2. The average Bonchev–Trinajstić information content (AvgIpc) is 2.90. The standard InChI is InChI=1S/C15H16N2O5/c1-3-12(14(19)16-13-8-9(2)22-17-13)21-15(20)10-6-4-5-7-11(10)18/h4-8,12,18H,3H2,1-2H3,(H,16,17,19)/t12-/m1/s1. The van der Waals surface area contributed by atoms with Gasteiger partial charge in [-0.15, -0.1) is 0 Å². The van der Waals surface area contributed by atoms with Crippen LogP contribution in [-0.2, 0) is 9.53 Å². The number of nitrogens with zero attached hydrogens (tertiary/aromatic N) is 1. The first kappa shape index (κ1) is 15.6. The summed E-state index contributed by atoms with van der Waals surface area (Å²) in [6.45, 7) is 3.40. The van der Waals surface area contributed by atoms with Crippen LogP contribution < -0.4 is 5.32 Å². The summed E-state index contributed by atoms with van der Waals surface area (Å²) in [5.41, 5.74) is 0.00558. The van der Waals surface area contributed by atoms with Crippen LogP contribution in [0, 0.1) is 6.92 Å². The van der Waals surface area contributed by atoms with Gasteiger partial charge in [-0.1, -0.05) is 24.2 Å². The normalized spacial score (nSPS) is 11.7. The fourth-order valence-corrected chi connectivity index (χ4v) is 1.79. The van der Waals surface area contributed by atoms with Gasteiger partial charge in [0, 0.05) is 6.07 Å². The van der Waals surface area contributed by atoms with E-state index in [1.165, 1.54) is 12.1 Å². The van der Waals surface area contributed by atoms with E-state index in [9.17, 15) is 14.7 Å². The third kappa shape index (κ3) is 3.63. The van der Waals surface area contributed by atoms with E-state index < -0.39 is 18.0 Å². The number of aromatic nitrogens is 1. The van der Waals surface area contributed by atoms with Crippen LogP contribution in [0.15, 0.2) is 34.9 Å². The molecule has 1 atom stereocenters. The molecule has 7 heteroatoms. The van der Waals surface area contributed by atoms with Gasteiger partial charge in [-0.05, 0) is 25.5 Å². The molecular weight excluding hydrogens is 288 g/mol. The van der Waals surface area contributed by atoms with Crippen molar-refractivity contribution < 1.29 is 24.0 Å². The summed E-state index contributed by atoms with van der Waals surface area (Å²) >= 11 is 0. The first-order valence-corrected chi connectivity index (χ1v) is 6.74. The minimum Gasteiger partial charge on any atom is -0.507 e. The summed E-state index contributed by atoms with van der Waals surface area (Å²) in [5.74, 6) is -0.681. The molecule has 116 valence electrons. The SMILES string of the molecule is CC[C@@H](OC(=O)c1ccccc1O)C(=O)Nc1cc(C)on1. The number of phenols is 1. The maximum absolute atomic E-state index is 12.1. The zero-order valence-electron chi connectivity index (χ0n) is 12.2. The molecule has 0 fully saturated rings. The highest BCUT2D eigenvalue weighted by Gasteiger charge is 2.24. The van der Waals surface area contributed by atoms with Crippen molar-refractivity contribution in [1.82, 2.24) is 5.16 Å². The zero-order chi connectivity index (χ0) is 16.1. The average molecular weight is 304 g/mol. The van der Waals surface area contributed by atoms with Gasteiger partial charge in [0.2, 0.25) is 0 Å². The number of benzene rings is 1. The molecule has 1 amide bonds. The Hall–Kier alpha value is -2.83. The van der Waals surface area contributed by atoms with Crippen molar-refractivity contribution in [1.29, 1.82) is 0 Å². The number of carbonyl (C=O) groups is 2. The molecule has 0 unspecified atom stereocenters. The number of anilines is 1. The highest BCUT2D eigenvalue weighted by Crippen LogP contribution is 2.18. The largest absolute Gasteiger partial charge is 0.507 e. The van der Waals surface area contributed by atoms with Gasteiger partial charge in [0.25, 0.3) is 5.91 Å². The summed E-state index contributed by atoms with van der Waals surface area (Å²) in [4.78, 5) is 24.1. The van der Waals surface area contributed by atoms with Crippen LogP contribution in [0.25, 0.3) is 0 Å². The Labute approximate surface area is 126 Å². The number of carbonyl (C=O) groups excluding carboxylic acids is 2. The molecule has 0 aliphatic rings. The first-order valence-electron chi connectivity index (χ1n) is 6.74. The van der Waals surface area contributed by atoms with Crippen LogP contribution in [0.2, 0.25) is 0 Å². The van der Waals surface area contributed by atoms with Crippen molar-refractivity contribution in [2.75, 3.05) is 5.32 Å². The predicted molar refractivity (Wildman–Crippen MR) is 77.5 cm³/mol. The molecule has 0 spiro atoms. The summed E-state index contributed by atoms with van der Waals surface area (Å²) in [5, 5.41) is 15.8. The number of phenolic OH excluding ortho intramolecular Hbond substituents is 1. The van der Waals surface area contributed by atoms with E-state index in [2.05, 4.69) is 10.5 Å². The van der Waals surface area contributed by atoms with E-state index in [0.29, 0.717) is 5.76 Å². The second kappa shape index (κ2) is 6.75.